The van der Waals surface area contributed by atoms with Gasteiger partial charge in [0, 0.05) is 18.8 Å². The van der Waals surface area contributed by atoms with Gasteiger partial charge in [0.1, 0.15) is 5.52 Å². The fourth-order valence-corrected chi connectivity index (χ4v) is 3.39. The van der Waals surface area contributed by atoms with Crippen LogP contribution >= 0.6 is 0 Å². The van der Waals surface area contributed by atoms with Gasteiger partial charge in [-0.15, -0.1) is 0 Å². The van der Waals surface area contributed by atoms with Crippen LogP contribution in [-0.2, 0) is 19.4 Å². The van der Waals surface area contributed by atoms with Gasteiger partial charge in [-0.2, -0.15) is 0 Å². The number of aromatic nitrogens is 3. The molecule has 0 unspecified atom stereocenters. The summed E-state index contributed by atoms with van der Waals surface area (Å²) in [5, 5.41) is 3.10. The molecule has 2 heterocycles. The number of nitrogen functional groups attached to an aromatic ring is 1. The fourth-order valence-electron chi connectivity index (χ4n) is 3.39. The minimum Gasteiger partial charge on any atom is -0.369 e. The van der Waals surface area contributed by atoms with E-state index < -0.39 is 0 Å². The number of benzene rings is 1. The highest BCUT2D eigenvalue weighted by Gasteiger charge is 2.23. The van der Waals surface area contributed by atoms with Gasteiger partial charge < -0.3 is 11.1 Å². The van der Waals surface area contributed by atoms with Gasteiger partial charge in [0.25, 0.3) is 5.91 Å². The molecule has 2 aromatic heterocycles. The van der Waals surface area contributed by atoms with E-state index in [9.17, 15) is 4.79 Å². The molecule has 6 heteroatoms. The molecule has 1 aliphatic rings. The van der Waals surface area contributed by atoms with Crippen LogP contribution in [0, 0.1) is 0 Å². The van der Waals surface area contributed by atoms with Crippen LogP contribution in [0.4, 0.5) is 5.95 Å². The summed E-state index contributed by atoms with van der Waals surface area (Å²) in [4.78, 5) is 21.2. The summed E-state index contributed by atoms with van der Waals surface area (Å²) >= 11 is 0. The number of nitrogens with two attached hydrogens (primary N) is 1. The Hall–Kier alpha value is -2.89. The second-order valence-corrected chi connectivity index (χ2v) is 6.13. The predicted octanol–water partition coefficient (Wildman–Crippen LogP) is 1.93. The molecule has 0 spiro atoms. The lowest BCUT2D eigenvalue weighted by Gasteiger charge is -2.12. The molecule has 0 radical (unpaired) electrons. The monoisotopic (exact) mass is 321 g/mol. The number of rotatable bonds is 3. The van der Waals surface area contributed by atoms with Gasteiger partial charge in [0.2, 0.25) is 5.95 Å². The van der Waals surface area contributed by atoms with E-state index in [1.54, 1.807) is 12.3 Å². The van der Waals surface area contributed by atoms with E-state index in [0.717, 1.165) is 12.8 Å². The first-order chi connectivity index (χ1) is 11.7. The molecule has 3 aromatic rings. The molecule has 24 heavy (non-hydrogen) atoms. The first kappa shape index (κ1) is 14.7. The van der Waals surface area contributed by atoms with Crippen LogP contribution in [0.1, 0.15) is 28.4 Å². The molecule has 4 rings (SSSR count). The highest BCUT2D eigenvalue weighted by molar-refractivity contribution is 5.96. The summed E-state index contributed by atoms with van der Waals surface area (Å²) < 4.78 is 1.82. The zero-order valence-electron chi connectivity index (χ0n) is 13.5. The molecule has 0 saturated carbocycles. The summed E-state index contributed by atoms with van der Waals surface area (Å²) in [6.45, 7) is 2.68. The Morgan fingerprint density at radius 3 is 2.71 bits per heavy atom. The van der Waals surface area contributed by atoms with Gasteiger partial charge in [-0.25, -0.2) is 9.97 Å². The maximum Gasteiger partial charge on any atom is 0.253 e. The van der Waals surface area contributed by atoms with Crippen LogP contribution in [0.15, 0.2) is 36.5 Å². The molecular weight excluding hydrogens is 302 g/mol. The van der Waals surface area contributed by atoms with Gasteiger partial charge in [-0.05, 0) is 37.0 Å². The molecule has 0 atom stereocenters. The van der Waals surface area contributed by atoms with Crippen molar-refractivity contribution in [3.05, 3.63) is 53.2 Å². The fraction of sp³-hybridized carbons (Fsp3) is 0.278. The number of hydrogen-bond donors (Lipinski definition) is 2. The molecule has 1 amide bonds. The lowest BCUT2D eigenvalue weighted by molar-refractivity contribution is 0.0938. The van der Waals surface area contributed by atoms with Crippen molar-refractivity contribution >= 4 is 23.0 Å². The lowest BCUT2D eigenvalue weighted by atomic mass is 10.1. The van der Waals surface area contributed by atoms with Crippen LogP contribution in [0.5, 0.6) is 0 Å². The number of fused-ring (bicyclic) bond motifs is 2. The standard InChI is InChI=1S/C18H19N5O/c1-2-23-16-15(22-18(23)19)9-13(10-20-16)17(24)21-14-7-11-5-3-4-6-12(11)8-14/h3-6,9-10,14H,2,7-8H2,1H3,(H2,19,22)(H,21,24). The maximum atomic E-state index is 12.5. The number of pyridine rings is 1. The Bertz CT molecular complexity index is 905. The molecule has 1 aromatic carbocycles. The summed E-state index contributed by atoms with van der Waals surface area (Å²) in [5.41, 5.74) is 10.4. The Labute approximate surface area is 139 Å². The lowest BCUT2D eigenvalue weighted by Crippen LogP contribution is -2.35. The van der Waals surface area contributed by atoms with E-state index in [1.165, 1.54) is 11.1 Å². The van der Waals surface area contributed by atoms with E-state index in [2.05, 4.69) is 27.4 Å². The normalized spacial score (nSPS) is 14.0. The first-order valence-corrected chi connectivity index (χ1v) is 8.15. The Morgan fingerprint density at radius 1 is 1.33 bits per heavy atom. The van der Waals surface area contributed by atoms with Crippen LogP contribution in [0.25, 0.3) is 11.2 Å². The average Bonchev–Trinajstić information content (AvgIpc) is 3.12. The van der Waals surface area contributed by atoms with Crippen molar-refractivity contribution in [3.8, 4) is 0 Å². The molecule has 0 fully saturated rings. The van der Waals surface area contributed by atoms with Crippen molar-refractivity contribution in [1.29, 1.82) is 0 Å². The van der Waals surface area contributed by atoms with Crippen molar-refractivity contribution in [2.75, 3.05) is 5.73 Å². The van der Waals surface area contributed by atoms with Gasteiger partial charge in [-0.1, -0.05) is 24.3 Å². The number of aryl methyl sites for hydroxylation is 1. The van der Waals surface area contributed by atoms with Gasteiger partial charge in [0.15, 0.2) is 5.65 Å². The molecular formula is C18H19N5O. The number of carbonyl (C=O) groups is 1. The highest BCUT2D eigenvalue weighted by Crippen LogP contribution is 2.22. The highest BCUT2D eigenvalue weighted by atomic mass is 16.1. The minimum absolute atomic E-state index is 0.119. The van der Waals surface area contributed by atoms with Crippen LogP contribution in [0.3, 0.4) is 0 Å². The van der Waals surface area contributed by atoms with Crippen LogP contribution < -0.4 is 11.1 Å². The number of hydrogen-bond acceptors (Lipinski definition) is 4. The third-order valence-corrected chi connectivity index (χ3v) is 4.58. The second kappa shape index (κ2) is 5.63. The van der Waals surface area contributed by atoms with E-state index in [-0.39, 0.29) is 11.9 Å². The number of carbonyl (C=O) groups excluding carboxylic acids is 1. The summed E-state index contributed by atoms with van der Waals surface area (Å²) in [5.74, 6) is 0.302. The first-order valence-electron chi connectivity index (χ1n) is 8.15. The average molecular weight is 321 g/mol. The largest absolute Gasteiger partial charge is 0.369 e. The van der Waals surface area contributed by atoms with Gasteiger partial charge >= 0.3 is 0 Å². The number of imidazole rings is 1. The van der Waals surface area contributed by atoms with Crippen molar-refractivity contribution < 1.29 is 4.79 Å². The smallest absolute Gasteiger partial charge is 0.253 e. The third kappa shape index (κ3) is 2.40. The quantitative estimate of drug-likeness (QED) is 0.772. The molecule has 0 bridgehead atoms. The summed E-state index contributed by atoms with van der Waals surface area (Å²) in [6, 6.07) is 10.2. The number of nitrogens with zero attached hydrogens (tertiary/aromatic N) is 3. The molecule has 0 aliphatic heterocycles. The summed E-state index contributed by atoms with van der Waals surface area (Å²) in [7, 11) is 0. The molecule has 6 nitrogen and oxygen atoms in total. The topological polar surface area (TPSA) is 85.8 Å². The molecule has 1 aliphatic carbocycles. The Morgan fingerprint density at radius 2 is 2.04 bits per heavy atom. The van der Waals surface area contributed by atoms with E-state index in [1.807, 2.05) is 23.6 Å². The van der Waals surface area contributed by atoms with E-state index >= 15 is 0 Å². The van der Waals surface area contributed by atoms with Crippen LogP contribution in [0.2, 0.25) is 0 Å². The number of amides is 1. The van der Waals surface area contributed by atoms with Crippen molar-refractivity contribution in [2.45, 2.75) is 32.4 Å². The second-order valence-electron chi connectivity index (χ2n) is 6.13. The third-order valence-electron chi connectivity index (χ3n) is 4.58. The predicted molar refractivity (Wildman–Crippen MR) is 92.7 cm³/mol. The maximum absolute atomic E-state index is 12.5. The summed E-state index contributed by atoms with van der Waals surface area (Å²) in [6.07, 6.45) is 3.33. The van der Waals surface area contributed by atoms with E-state index in [0.29, 0.717) is 29.2 Å². The molecule has 122 valence electrons. The minimum atomic E-state index is -0.119. The molecule has 3 N–H and O–H groups in total. The zero-order chi connectivity index (χ0) is 16.7. The van der Waals surface area contributed by atoms with Crippen molar-refractivity contribution in [1.82, 2.24) is 19.9 Å². The van der Waals surface area contributed by atoms with Crippen molar-refractivity contribution in [3.63, 3.8) is 0 Å². The molecule has 0 saturated heterocycles. The van der Waals surface area contributed by atoms with Crippen LogP contribution in [-0.4, -0.2) is 26.5 Å². The van der Waals surface area contributed by atoms with Gasteiger partial charge in [-0.3, -0.25) is 9.36 Å². The number of nitrogens with one attached hydrogen (secondary N) is 1. The van der Waals surface area contributed by atoms with E-state index in [4.69, 9.17) is 5.73 Å². The zero-order valence-corrected chi connectivity index (χ0v) is 13.5. The van der Waals surface area contributed by atoms with Crippen molar-refractivity contribution in [2.24, 2.45) is 0 Å². The number of anilines is 1. The van der Waals surface area contributed by atoms with Gasteiger partial charge in [0.05, 0.1) is 5.56 Å². The SMILES string of the molecule is CCn1c(N)nc2cc(C(=O)NC3Cc4ccccc4C3)cnc21. The Balaban J connectivity index is 1.54. The Kier molecular flexibility index (Phi) is 3.45.